The summed E-state index contributed by atoms with van der Waals surface area (Å²) in [6, 6.07) is 4.17. The van der Waals surface area contributed by atoms with Crippen molar-refractivity contribution in [1.82, 2.24) is 10.2 Å². The van der Waals surface area contributed by atoms with Crippen LogP contribution in [-0.4, -0.2) is 36.3 Å². The molecular formula is C11H10BrFN2O2. The molecule has 4 nitrogen and oxygen atoms in total. The van der Waals surface area contributed by atoms with Gasteiger partial charge in [-0.25, -0.2) is 4.39 Å². The van der Waals surface area contributed by atoms with Crippen molar-refractivity contribution in [1.29, 1.82) is 0 Å². The molecule has 1 fully saturated rings. The predicted octanol–water partition coefficient (Wildman–Crippen LogP) is 1.16. The summed E-state index contributed by atoms with van der Waals surface area (Å²) < 4.78 is 14.1. The maximum absolute atomic E-state index is 13.5. The van der Waals surface area contributed by atoms with Gasteiger partial charge in [0.15, 0.2) is 0 Å². The lowest BCUT2D eigenvalue weighted by molar-refractivity contribution is -0.123. The third-order valence-corrected chi connectivity index (χ3v) is 2.98. The van der Waals surface area contributed by atoms with Crippen molar-refractivity contribution in [3.8, 4) is 0 Å². The van der Waals surface area contributed by atoms with Crippen LogP contribution in [0, 0.1) is 5.82 Å². The summed E-state index contributed by atoms with van der Waals surface area (Å²) in [5.41, 5.74) is -0.0194. The summed E-state index contributed by atoms with van der Waals surface area (Å²) in [6.45, 7) is 0.779. The number of rotatable bonds is 1. The molecule has 1 aromatic rings. The molecule has 1 saturated heterocycles. The maximum atomic E-state index is 13.5. The molecule has 0 atom stereocenters. The molecule has 17 heavy (non-hydrogen) atoms. The van der Waals surface area contributed by atoms with Crippen molar-refractivity contribution >= 4 is 27.7 Å². The van der Waals surface area contributed by atoms with E-state index in [1.165, 1.54) is 23.1 Å². The molecule has 2 rings (SSSR count). The van der Waals surface area contributed by atoms with Gasteiger partial charge in [-0.3, -0.25) is 9.59 Å². The summed E-state index contributed by atoms with van der Waals surface area (Å²) in [5, 5.41) is 2.61. The number of nitrogens with zero attached hydrogens (tertiary/aromatic N) is 1. The van der Waals surface area contributed by atoms with E-state index in [-0.39, 0.29) is 18.0 Å². The SMILES string of the molecule is O=C1CN(C(=O)c2cc(Br)ccc2F)CCN1. The van der Waals surface area contributed by atoms with Crippen molar-refractivity contribution in [3.63, 3.8) is 0 Å². The number of piperazine rings is 1. The number of nitrogens with one attached hydrogen (secondary N) is 1. The first-order chi connectivity index (χ1) is 8.08. The van der Waals surface area contributed by atoms with Gasteiger partial charge in [0.25, 0.3) is 5.91 Å². The number of halogens is 2. The van der Waals surface area contributed by atoms with E-state index in [0.717, 1.165) is 0 Å². The van der Waals surface area contributed by atoms with Gasteiger partial charge in [-0.2, -0.15) is 0 Å². The molecular weight excluding hydrogens is 291 g/mol. The summed E-state index contributed by atoms with van der Waals surface area (Å²) >= 11 is 3.18. The Hall–Kier alpha value is -1.43. The Morgan fingerprint density at radius 1 is 1.47 bits per heavy atom. The van der Waals surface area contributed by atoms with Crippen molar-refractivity contribution in [2.24, 2.45) is 0 Å². The molecule has 0 spiro atoms. The summed E-state index contributed by atoms with van der Waals surface area (Å²) in [5.74, 6) is -1.26. The second kappa shape index (κ2) is 4.83. The first-order valence-corrected chi connectivity index (χ1v) is 5.88. The average Bonchev–Trinajstić information content (AvgIpc) is 2.31. The second-order valence-electron chi connectivity index (χ2n) is 3.70. The highest BCUT2D eigenvalue weighted by Gasteiger charge is 2.24. The van der Waals surface area contributed by atoms with Crippen LogP contribution < -0.4 is 5.32 Å². The van der Waals surface area contributed by atoms with E-state index in [4.69, 9.17) is 0 Å². The Morgan fingerprint density at radius 2 is 2.24 bits per heavy atom. The van der Waals surface area contributed by atoms with Gasteiger partial charge in [-0.15, -0.1) is 0 Å². The molecule has 0 saturated carbocycles. The first-order valence-electron chi connectivity index (χ1n) is 5.09. The summed E-state index contributed by atoms with van der Waals surface area (Å²) in [4.78, 5) is 24.5. The number of hydrogen-bond acceptors (Lipinski definition) is 2. The van der Waals surface area contributed by atoms with Gasteiger partial charge in [0.05, 0.1) is 12.1 Å². The molecule has 6 heteroatoms. The predicted molar refractivity (Wildman–Crippen MR) is 63.0 cm³/mol. The van der Waals surface area contributed by atoms with Crippen LogP contribution in [0.25, 0.3) is 0 Å². The fourth-order valence-electron chi connectivity index (χ4n) is 1.64. The lowest BCUT2D eigenvalue weighted by atomic mass is 10.1. The van der Waals surface area contributed by atoms with Crippen LogP contribution in [0.4, 0.5) is 4.39 Å². The van der Waals surface area contributed by atoms with Crippen LogP contribution >= 0.6 is 15.9 Å². The zero-order valence-corrected chi connectivity index (χ0v) is 10.5. The normalized spacial score (nSPS) is 15.6. The quantitative estimate of drug-likeness (QED) is 0.846. The molecule has 0 aliphatic carbocycles. The Bertz CT molecular complexity index is 479. The smallest absolute Gasteiger partial charge is 0.257 e. The van der Waals surface area contributed by atoms with E-state index in [2.05, 4.69) is 21.2 Å². The van der Waals surface area contributed by atoms with Crippen LogP contribution in [0.2, 0.25) is 0 Å². The van der Waals surface area contributed by atoms with E-state index in [1.54, 1.807) is 0 Å². The van der Waals surface area contributed by atoms with Crippen molar-refractivity contribution in [3.05, 3.63) is 34.1 Å². The molecule has 0 aromatic heterocycles. The molecule has 0 radical (unpaired) electrons. The minimum Gasteiger partial charge on any atom is -0.353 e. The fourth-order valence-corrected chi connectivity index (χ4v) is 2.00. The third kappa shape index (κ3) is 2.63. The molecule has 1 aliphatic rings. The minimum absolute atomic E-state index is 0.0194. The van der Waals surface area contributed by atoms with E-state index < -0.39 is 11.7 Å². The van der Waals surface area contributed by atoms with E-state index in [0.29, 0.717) is 17.6 Å². The number of amides is 2. The van der Waals surface area contributed by atoms with Gasteiger partial charge in [0.1, 0.15) is 5.82 Å². The maximum Gasteiger partial charge on any atom is 0.257 e. The Balaban J connectivity index is 2.24. The second-order valence-corrected chi connectivity index (χ2v) is 4.62. The molecule has 1 aromatic carbocycles. The van der Waals surface area contributed by atoms with Gasteiger partial charge in [-0.05, 0) is 18.2 Å². The lowest BCUT2D eigenvalue weighted by Gasteiger charge is -2.26. The first kappa shape index (κ1) is 12.0. The van der Waals surface area contributed by atoms with Crippen LogP contribution in [0.3, 0.4) is 0 Å². The molecule has 0 unspecified atom stereocenters. The molecule has 1 aliphatic heterocycles. The van der Waals surface area contributed by atoms with E-state index in [9.17, 15) is 14.0 Å². The lowest BCUT2D eigenvalue weighted by Crippen LogP contribution is -2.50. The van der Waals surface area contributed by atoms with Crippen LogP contribution in [0.5, 0.6) is 0 Å². The molecule has 1 N–H and O–H groups in total. The third-order valence-electron chi connectivity index (χ3n) is 2.48. The molecule has 0 bridgehead atoms. The zero-order chi connectivity index (χ0) is 12.4. The number of hydrogen-bond donors (Lipinski definition) is 1. The number of carbonyl (C=O) groups is 2. The summed E-state index contributed by atoms with van der Waals surface area (Å²) in [7, 11) is 0. The molecule has 90 valence electrons. The molecule has 1 heterocycles. The van der Waals surface area contributed by atoms with Crippen LogP contribution in [0.15, 0.2) is 22.7 Å². The number of benzene rings is 1. The Morgan fingerprint density at radius 3 is 2.94 bits per heavy atom. The minimum atomic E-state index is -0.579. The van der Waals surface area contributed by atoms with Crippen LogP contribution in [0.1, 0.15) is 10.4 Å². The van der Waals surface area contributed by atoms with E-state index >= 15 is 0 Å². The van der Waals surface area contributed by atoms with Gasteiger partial charge >= 0.3 is 0 Å². The zero-order valence-electron chi connectivity index (χ0n) is 8.87. The Labute approximate surface area is 106 Å². The van der Waals surface area contributed by atoms with Crippen molar-refractivity contribution in [2.45, 2.75) is 0 Å². The standard InChI is InChI=1S/C11H10BrFN2O2/c12-7-1-2-9(13)8(5-7)11(17)15-4-3-14-10(16)6-15/h1-2,5H,3-4,6H2,(H,14,16). The van der Waals surface area contributed by atoms with Crippen molar-refractivity contribution < 1.29 is 14.0 Å². The largest absolute Gasteiger partial charge is 0.353 e. The monoisotopic (exact) mass is 300 g/mol. The summed E-state index contributed by atoms with van der Waals surface area (Å²) in [6.07, 6.45) is 0. The average molecular weight is 301 g/mol. The number of carbonyl (C=O) groups excluding carboxylic acids is 2. The highest BCUT2D eigenvalue weighted by atomic mass is 79.9. The highest BCUT2D eigenvalue weighted by Crippen LogP contribution is 2.17. The van der Waals surface area contributed by atoms with E-state index in [1.807, 2.05) is 0 Å². The Kier molecular flexibility index (Phi) is 3.42. The van der Waals surface area contributed by atoms with Gasteiger partial charge in [0, 0.05) is 17.6 Å². The van der Waals surface area contributed by atoms with Crippen molar-refractivity contribution in [2.75, 3.05) is 19.6 Å². The van der Waals surface area contributed by atoms with Crippen LogP contribution in [-0.2, 0) is 4.79 Å². The highest BCUT2D eigenvalue weighted by molar-refractivity contribution is 9.10. The fraction of sp³-hybridized carbons (Fsp3) is 0.273. The molecule has 2 amide bonds. The topological polar surface area (TPSA) is 49.4 Å². The van der Waals surface area contributed by atoms with Gasteiger partial charge < -0.3 is 10.2 Å². The van der Waals surface area contributed by atoms with Gasteiger partial charge in [-0.1, -0.05) is 15.9 Å². The van der Waals surface area contributed by atoms with Gasteiger partial charge in [0.2, 0.25) is 5.91 Å².